The van der Waals surface area contributed by atoms with Gasteiger partial charge in [0.05, 0.1) is 28.8 Å². The molecule has 1 aromatic rings. The zero-order valence-electron chi connectivity index (χ0n) is 10.1. The molecule has 2 rings (SSSR count). The van der Waals surface area contributed by atoms with E-state index in [1.165, 1.54) is 24.3 Å². The van der Waals surface area contributed by atoms with Crippen molar-refractivity contribution in [2.45, 2.75) is 33.3 Å². The maximum Gasteiger partial charge on any atom is 0.0900 e. The lowest BCUT2D eigenvalue weighted by atomic mass is 10.0. The fraction of sp³-hybridized carbons (Fsp3) is 0.750. The lowest BCUT2D eigenvalue weighted by molar-refractivity contribution is 0.0795. The van der Waals surface area contributed by atoms with Crippen LogP contribution in [0.5, 0.6) is 0 Å². The van der Waals surface area contributed by atoms with Crippen molar-refractivity contribution < 1.29 is 4.74 Å². The van der Waals surface area contributed by atoms with Gasteiger partial charge in [0.15, 0.2) is 0 Å². The van der Waals surface area contributed by atoms with Gasteiger partial charge in [-0.15, -0.1) is 11.3 Å². The van der Waals surface area contributed by atoms with E-state index in [-0.39, 0.29) is 0 Å². The highest BCUT2D eigenvalue weighted by Gasteiger charge is 2.13. The molecule has 1 atom stereocenters. The maximum atomic E-state index is 5.78. The van der Waals surface area contributed by atoms with Gasteiger partial charge < -0.3 is 10.1 Å². The number of ether oxygens (including phenoxy) is 1. The van der Waals surface area contributed by atoms with Crippen LogP contribution < -0.4 is 5.32 Å². The number of nitrogens with zero attached hydrogens (tertiary/aromatic N) is 1. The molecule has 0 aliphatic carbocycles. The van der Waals surface area contributed by atoms with Crippen molar-refractivity contribution in [1.82, 2.24) is 10.3 Å². The van der Waals surface area contributed by atoms with Crippen molar-refractivity contribution in [2.75, 3.05) is 19.7 Å². The fourth-order valence-corrected chi connectivity index (χ4v) is 2.97. The molecule has 0 aromatic carbocycles. The minimum Gasteiger partial charge on any atom is -0.376 e. The van der Waals surface area contributed by atoms with E-state index in [4.69, 9.17) is 4.74 Å². The second kappa shape index (κ2) is 5.75. The topological polar surface area (TPSA) is 34.1 Å². The highest BCUT2D eigenvalue weighted by Crippen LogP contribution is 2.19. The molecule has 16 heavy (non-hydrogen) atoms. The summed E-state index contributed by atoms with van der Waals surface area (Å²) < 4.78 is 5.78. The van der Waals surface area contributed by atoms with Crippen LogP contribution in [-0.2, 0) is 11.3 Å². The van der Waals surface area contributed by atoms with Gasteiger partial charge in [-0.1, -0.05) is 0 Å². The van der Waals surface area contributed by atoms with Crippen LogP contribution in [0.4, 0.5) is 0 Å². The summed E-state index contributed by atoms with van der Waals surface area (Å²) >= 11 is 1.75. The molecule has 0 amide bonds. The Bertz CT molecular complexity index is 332. The van der Waals surface area contributed by atoms with Gasteiger partial charge in [-0.2, -0.15) is 0 Å². The molecule has 3 nitrogen and oxygen atoms in total. The van der Waals surface area contributed by atoms with Gasteiger partial charge in [0.2, 0.25) is 0 Å². The third kappa shape index (κ3) is 3.27. The van der Waals surface area contributed by atoms with Gasteiger partial charge >= 0.3 is 0 Å². The molecule has 1 fully saturated rings. The smallest absolute Gasteiger partial charge is 0.0900 e. The van der Waals surface area contributed by atoms with E-state index >= 15 is 0 Å². The molecule has 0 radical (unpaired) electrons. The Morgan fingerprint density at radius 1 is 1.50 bits per heavy atom. The van der Waals surface area contributed by atoms with Crippen LogP contribution in [0.3, 0.4) is 0 Å². The maximum absolute atomic E-state index is 5.78. The summed E-state index contributed by atoms with van der Waals surface area (Å²) in [5, 5.41) is 4.54. The van der Waals surface area contributed by atoms with Gasteiger partial charge in [0.1, 0.15) is 0 Å². The van der Waals surface area contributed by atoms with Crippen LogP contribution in [0.2, 0.25) is 0 Å². The molecule has 1 aromatic heterocycles. The van der Waals surface area contributed by atoms with Crippen molar-refractivity contribution in [2.24, 2.45) is 5.92 Å². The molecule has 1 aliphatic heterocycles. The number of thiazole rings is 1. The lowest BCUT2D eigenvalue weighted by Gasteiger charge is -2.22. The Morgan fingerprint density at radius 2 is 2.38 bits per heavy atom. The Kier molecular flexibility index (Phi) is 4.32. The summed E-state index contributed by atoms with van der Waals surface area (Å²) in [6.45, 7) is 8.00. The number of piperidine rings is 1. The van der Waals surface area contributed by atoms with E-state index in [0.717, 1.165) is 30.5 Å². The largest absolute Gasteiger partial charge is 0.376 e. The number of hydrogen-bond donors (Lipinski definition) is 1. The van der Waals surface area contributed by atoms with Crippen LogP contribution in [0.1, 0.15) is 28.4 Å². The Labute approximate surface area is 101 Å². The number of aromatic nitrogens is 1. The summed E-state index contributed by atoms with van der Waals surface area (Å²) in [5.74, 6) is 0.697. The predicted molar refractivity (Wildman–Crippen MR) is 66.8 cm³/mol. The molecule has 0 saturated carbocycles. The summed E-state index contributed by atoms with van der Waals surface area (Å²) in [7, 11) is 0. The summed E-state index contributed by atoms with van der Waals surface area (Å²) in [4.78, 5) is 5.68. The van der Waals surface area contributed by atoms with Crippen molar-refractivity contribution in [3.63, 3.8) is 0 Å². The predicted octanol–water partition coefficient (Wildman–Crippen LogP) is 2.28. The van der Waals surface area contributed by atoms with Crippen molar-refractivity contribution in [3.05, 3.63) is 15.6 Å². The van der Waals surface area contributed by atoms with E-state index in [1.807, 2.05) is 6.92 Å². The molecule has 1 N–H and O–H groups in total. The van der Waals surface area contributed by atoms with Crippen molar-refractivity contribution in [3.8, 4) is 0 Å². The van der Waals surface area contributed by atoms with Crippen LogP contribution in [0, 0.1) is 19.8 Å². The van der Waals surface area contributed by atoms with E-state index in [9.17, 15) is 0 Å². The number of aryl methyl sites for hydroxylation is 2. The van der Waals surface area contributed by atoms with Gasteiger partial charge in [-0.25, -0.2) is 4.98 Å². The lowest BCUT2D eigenvalue weighted by Crippen LogP contribution is -2.32. The molecular formula is C12H20N2OS. The highest BCUT2D eigenvalue weighted by atomic mass is 32.1. The Balaban J connectivity index is 1.73. The average Bonchev–Trinajstić information content (AvgIpc) is 2.59. The molecule has 2 heterocycles. The molecule has 1 aliphatic rings. The number of nitrogens with one attached hydrogen (secondary N) is 1. The van der Waals surface area contributed by atoms with E-state index in [0.29, 0.717) is 5.92 Å². The van der Waals surface area contributed by atoms with E-state index in [1.54, 1.807) is 11.3 Å². The second-order valence-corrected chi connectivity index (χ2v) is 5.76. The van der Waals surface area contributed by atoms with Crippen molar-refractivity contribution in [1.29, 1.82) is 0 Å². The first-order valence-corrected chi connectivity index (χ1v) is 6.78. The monoisotopic (exact) mass is 240 g/mol. The number of hydrogen-bond acceptors (Lipinski definition) is 4. The average molecular weight is 240 g/mol. The molecule has 0 unspecified atom stereocenters. The zero-order chi connectivity index (χ0) is 11.4. The van der Waals surface area contributed by atoms with Crippen LogP contribution >= 0.6 is 11.3 Å². The SMILES string of the molecule is Cc1nc(C)c(COC[C@H]2CCCNC2)s1. The third-order valence-corrected chi connectivity index (χ3v) is 4.03. The first-order valence-electron chi connectivity index (χ1n) is 5.97. The standard InChI is InChI=1S/C12H20N2OS/c1-9-12(16-10(2)14-9)8-15-7-11-4-3-5-13-6-11/h11,13H,3-8H2,1-2H3/t11-/m0/s1. The quantitative estimate of drug-likeness (QED) is 0.876. The van der Waals surface area contributed by atoms with Crippen LogP contribution in [0.25, 0.3) is 0 Å². The van der Waals surface area contributed by atoms with Gasteiger partial charge in [-0.3, -0.25) is 0 Å². The highest BCUT2D eigenvalue weighted by molar-refractivity contribution is 7.11. The van der Waals surface area contributed by atoms with Crippen LogP contribution in [-0.4, -0.2) is 24.7 Å². The zero-order valence-corrected chi connectivity index (χ0v) is 10.9. The minimum absolute atomic E-state index is 0.697. The summed E-state index contributed by atoms with van der Waals surface area (Å²) in [5.41, 5.74) is 1.13. The van der Waals surface area contributed by atoms with E-state index in [2.05, 4.69) is 17.2 Å². The van der Waals surface area contributed by atoms with Gasteiger partial charge in [-0.05, 0) is 39.2 Å². The molecule has 90 valence electrons. The Hall–Kier alpha value is -0.450. The summed E-state index contributed by atoms with van der Waals surface area (Å²) in [6.07, 6.45) is 2.58. The molecular weight excluding hydrogens is 220 g/mol. The third-order valence-electron chi connectivity index (χ3n) is 2.99. The van der Waals surface area contributed by atoms with Gasteiger partial charge in [0, 0.05) is 6.54 Å². The normalized spacial score (nSPS) is 21.2. The first-order chi connectivity index (χ1) is 7.75. The van der Waals surface area contributed by atoms with Crippen molar-refractivity contribution >= 4 is 11.3 Å². The molecule has 1 saturated heterocycles. The van der Waals surface area contributed by atoms with Gasteiger partial charge in [0.25, 0.3) is 0 Å². The van der Waals surface area contributed by atoms with Crippen LogP contribution in [0.15, 0.2) is 0 Å². The summed E-state index contributed by atoms with van der Waals surface area (Å²) in [6, 6.07) is 0. The first kappa shape index (κ1) is 12.0. The van der Waals surface area contributed by atoms with E-state index < -0.39 is 0 Å². The minimum atomic E-state index is 0.697. The Morgan fingerprint density at radius 3 is 3.00 bits per heavy atom. The second-order valence-electron chi connectivity index (χ2n) is 4.47. The molecule has 4 heteroatoms. The number of rotatable bonds is 4. The molecule has 0 bridgehead atoms. The molecule has 0 spiro atoms. The fourth-order valence-electron chi connectivity index (χ4n) is 2.09.